The van der Waals surface area contributed by atoms with E-state index in [1.807, 2.05) is 30.3 Å². The average molecular weight is 220 g/mol. The molecule has 0 bridgehead atoms. The van der Waals surface area contributed by atoms with Gasteiger partial charge in [0.05, 0.1) is 6.54 Å². The van der Waals surface area contributed by atoms with Gasteiger partial charge in [0, 0.05) is 6.54 Å². The lowest BCUT2D eigenvalue weighted by Crippen LogP contribution is -2.38. The number of carbonyl (C=O) groups is 2. The van der Waals surface area contributed by atoms with Crippen molar-refractivity contribution in [1.82, 2.24) is 10.2 Å². The molecule has 84 valence electrons. The number of benzene rings is 1. The van der Waals surface area contributed by atoms with Gasteiger partial charge in [-0.3, -0.25) is 0 Å². The van der Waals surface area contributed by atoms with Gasteiger partial charge >= 0.3 is 12.0 Å². The average Bonchev–Trinajstić information content (AvgIpc) is 2.62. The van der Waals surface area contributed by atoms with Gasteiger partial charge in [0.15, 0.2) is 0 Å². The molecule has 1 atom stereocenters. The second-order valence-electron chi connectivity index (χ2n) is 3.65. The van der Waals surface area contributed by atoms with Crippen molar-refractivity contribution < 1.29 is 14.7 Å². The molecule has 0 saturated carbocycles. The van der Waals surface area contributed by atoms with Crippen LogP contribution in [0.2, 0.25) is 0 Å². The van der Waals surface area contributed by atoms with E-state index in [2.05, 4.69) is 5.32 Å². The van der Waals surface area contributed by atoms with Gasteiger partial charge in [-0.25, -0.2) is 9.59 Å². The van der Waals surface area contributed by atoms with Crippen molar-refractivity contribution in [2.75, 3.05) is 6.54 Å². The number of hydrogen-bond donors (Lipinski definition) is 2. The smallest absolute Gasteiger partial charge is 0.328 e. The summed E-state index contributed by atoms with van der Waals surface area (Å²) in [5.74, 6) is -0.978. The third kappa shape index (κ3) is 1.98. The van der Waals surface area contributed by atoms with Crippen molar-refractivity contribution in [3.05, 3.63) is 35.9 Å². The number of rotatable bonds is 3. The molecule has 5 nitrogen and oxygen atoms in total. The van der Waals surface area contributed by atoms with Gasteiger partial charge in [0.1, 0.15) is 6.04 Å². The summed E-state index contributed by atoms with van der Waals surface area (Å²) in [7, 11) is 0. The van der Waals surface area contributed by atoms with Crippen LogP contribution < -0.4 is 5.32 Å². The first-order valence-electron chi connectivity index (χ1n) is 4.99. The number of hydrogen-bond acceptors (Lipinski definition) is 2. The molecule has 0 aliphatic carbocycles. The van der Waals surface area contributed by atoms with Crippen molar-refractivity contribution in [3.8, 4) is 0 Å². The van der Waals surface area contributed by atoms with Crippen LogP contribution in [0.1, 0.15) is 5.56 Å². The van der Waals surface area contributed by atoms with Gasteiger partial charge in [0.25, 0.3) is 0 Å². The third-order valence-electron chi connectivity index (χ3n) is 2.56. The Labute approximate surface area is 92.7 Å². The monoisotopic (exact) mass is 220 g/mol. The molecule has 1 saturated heterocycles. The second-order valence-corrected chi connectivity index (χ2v) is 3.65. The molecule has 1 aromatic carbocycles. The zero-order chi connectivity index (χ0) is 11.5. The minimum atomic E-state index is -0.978. The Kier molecular flexibility index (Phi) is 2.76. The SMILES string of the molecule is O=C(O)[C@@H]1CNC(=O)N1Cc1ccccc1. The standard InChI is InChI=1S/C11H12N2O3/c14-10(15)9-6-12-11(16)13(9)7-8-4-2-1-3-5-8/h1-5,9H,6-7H2,(H,12,16)(H,14,15)/t9-/m0/s1. The number of amides is 2. The van der Waals surface area contributed by atoms with Gasteiger partial charge in [-0.05, 0) is 5.56 Å². The van der Waals surface area contributed by atoms with E-state index in [4.69, 9.17) is 5.11 Å². The van der Waals surface area contributed by atoms with Crippen molar-refractivity contribution in [2.45, 2.75) is 12.6 Å². The normalized spacial score (nSPS) is 19.6. The summed E-state index contributed by atoms with van der Waals surface area (Å²) in [5.41, 5.74) is 0.922. The Morgan fingerprint density at radius 2 is 2.12 bits per heavy atom. The molecule has 0 unspecified atom stereocenters. The molecule has 1 fully saturated rings. The van der Waals surface area contributed by atoms with Crippen LogP contribution in [0.3, 0.4) is 0 Å². The van der Waals surface area contributed by atoms with E-state index < -0.39 is 12.0 Å². The molecule has 2 amide bonds. The molecular weight excluding hydrogens is 208 g/mol. The number of urea groups is 1. The molecular formula is C11H12N2O3. The molecule has 1 heterocycles. The summed E-state index contributed by atoms with van der Waals surface area (Å²) < 4.78 is 0. The highest BCUT2D eigenvalue weighted by atomic mass is 16.4. The molecule has 1 aliphatic heterocycles. The minimum Gasteiger partial charge on any atom is -0.480 e. The lowest BCUT2D eigenvalue weighted by molar-refractivity contribution is -0.141. The molecule has 5 heteroatoms. The Balaban J connectivity index is 2.13. The molecule has 1 aromatic rings. The lowest BCUT2D eigenvalue weighted by Gasteiger charge is -2.19. The number of carboxylic acids is 1. The van der Waals surface area contributed by atoms with Crippen LogP contribution in [0.15, 0.2) is 30.3 Å². The number of aliphatic carboxylic acids is 1. The van der Waals surface area contributed by atoms with Crippen LogP contribution in [0.5, 0.6) is 0 Å². The fourth-order valence-corrected chi connectivity index (χ4v) is 1.72. The highest BCUT2D eigenvalue weighted by Crippen LogP contribution is 2.12. The van der Waals surface area contributed by atoms with Crippen molar-refractivity contribution >= 4 is 12.0 Å². The second kappa shape index (κ2) is 4.22. The van der Waals surface area contributed by atoms with Crippen LogP contribution in [0, 0.1) is 0 Å². The van der Waals surface area contributed by atoms with Crippen LogP contribution in [-0.2, 0) is 11.3 Å². The van der Waals surface area contributed by atoms with Gasteiger partial charge in [-0.1, -0.05) is 30.3 Å². The first kappa shape index (κ1) is 10.5. The number of carbonyl (C=O) groups excluding carboxylic acids is 1. The van der Waals surface area contributed by atoms with Crippen molar-refractivity contribution in [3.63, 3.8) is 0 Å². The maximum atomic E-state index is 11.4. The van der Waals surface area contributed by atoms with Crippen molar-refractivity contribution in [1.29, 1.82) is 0 Å². The molecule has 0 spiro atoms. The topological polar surface area (TPSA) is 69.6 Å². The van der Waals surface area contributed by atoms with Crippen LogP contribution in [0.25, 0.3) is 0 Å². The van der Waals surface area contributed by atoms with Gasteiger partial charge in [-0.15, -0.1) is 0 Å². The van der Waals surface area contributed by atoms with E-state index in [1.165, 1.54) is 4.90 Å². The van der Waals surface area contributed by atoms with E-state index >= 15 is 0 Å². The summed E-state index contributed by atoms with van der Waals surface area (Å²) in [6, 6.07) is 8.24. The first-order chi connectivity index (χ1) is 7.68. The maximum Gasteiger partial charge on any atom is 0.328 e. The Bertz CT molecular complexity index is 405. The fourth-order valence-electron chi connectivity index (χ4n) is 1.72. The van der Waals surface area contributed by atoms with Gasteiger partial charge in [-0.2, -0.15) is 0 Å². The summed E-state index contributed by atoms with van der Waals surface area (Å²) in [5, 5.41) is 11.5. The summed E-state index contributed by atoms with van der Waals surface area (Å²) in [6.45, 7) is 0.491. The van der Waals surface area contributed by atoms with Crippen LogP contribution in [0.4, 0.5) is 4.79 Å². The van der Waals surface area contributed by atoms with E-state index in [0.29, 0.717) is 6.54 Å². The molecule has 0 radical (unpaired) electrons. The van der Waals surface area contributed by atoms with E-state index in [0.717, 1.165) is 5.56 Å². The van der Waals surface area contributed by atoms with E-state index in [-0.39, 0.29) is 12.6 Å². The maximum absolute atomic E-state index is 11.4. The molecule has 2 rings (SSSR count). The summed E-state index contributed by atoms with van der Waals surface area (Å²) in [6.07, 6.45) is 0. The highest BCUT2D eigenvalue weighted by molar-refractivity contribution is 5.86. The number of nitrogens with one attached hydrogen (secondary N) is 1. The largest absolute Gasteiger partial charge is 0.480 e. The Morgan fingerprint density at radius 3 is 2.75 bits per heavy atom. The molecule has 1 aliphatic rings. The summed E-state index contributed by atoms with van der Waals surface area (Å²) in [4.78, 5) is 23.7. The predicted molar refractivity (Wildman–Crippen MR) is 56.8 cm³/mol. The first-order valence-corrected chi connectivity index (χ1v) is 4.99. The zero-order valence-electron chi connectivity index (χ0n) is 8.59. The molecule has 2 N–H and O–H groups in total. The van der Waals surface area contributed by atoms with Crippen LogP contribution >= 0.6 is 0 Å². The number of carboxylic acid groups (broad SMARTS) is 1. The quantitative estimate of drug-likeness (QED) is 0.786. The van der Waals surface area contributed by atoms with Crippen molar-refractivity contribution in [2.24, 2.45) is 0 Å². The van der Waals surface area contributed by atoms with Gasteiger partial charge in [0.2, 0.25) is 0 Å². The minimum absolute atomic E-state index is 0.168. The Morgan fingerprint density at radius 1 is 1.44 bits per heavy atom. The van der Waals surface area contributed by atoms with Crippen LogP contribution in [-0.4, -0.2) is 34.6 Å². The third-order valence-corrected chi connectivity index (χ3v) is 2.56. The Hall–Kier alpha value is -2.04. The molecule has 0 aromatic heterocycles. The number of nitrogens with zero attached hydrogens (tertiary/aromatic N) is 1. The zero-order valence-corrected chi connectivity index (χ0v) is 8.59. The summed E-state index contributed by atoms with van der Waals surface area (Å²) >= 11 is 0. The van der Waals surface area contributed by atoms with Gasteiger partial charge < -0.3 is 15.3 Å². The van der Waals surface area contributed by atoms with E-state index in [9.17, 15) is 9.59 Å². The molecule has 16 heavy (non-hydrogen) atoms. The highest BCUT2D eigenvalue weighted by Gasteiger charge is 2.35. The lowest BCUT2D eigenvalue weighted by atomic mass is 10.2. The van der Waals surface area contributed by atoms with E-state index in [1.54, 1.807) is 0 Å². The predicted octanol–water partition coefficient (Wildman–Crippen LogP) is 0.665. The fraction of sp³-hybridized carbons (Fsp3) is 0.273.